The lowest BCUT2D eigenvalue weighted by atomic mass is 10.2. The molecule has 0 saturated heterocycles. The van der Waals surface area contributed by atoms with Gasteiger partial charge in [-0.2, -0.15) is 4.80 Å². The van der Waals surface area contributed by atoms with Crippen molar-refractivity contribution < 1.29 is 18.7 Å². The third-order valence-corrected chi connectivity index (χ3v) is 3.85. The molecule has 0 unspecified atom stereocenters. The highest BCUT2D eigenvalue weighted by atomic mass is 19.1. The molecule has 0 atom stereocenters. The number of amides is 1. The molecule has 140 valence electrons. The Morgan fingerprint density at radius 2 is 1.93 bits per heavy atom. The zero-order valence-corrected chi connectivity index (χ0v) is 15.1. The standard InChI is InChI=1S/C18H18FN5O3/c1-11-4-6-13(19)9-14(11)20-17(25)10-24-22-18(21-23-24)12-5-7-15(26-2)16(8-12)27-3/h4-9H,10H2,1-3H3,(H,20,25). The Morgan fingerprint density at radius 1 is 1.15 bits per heavy atom. The molecule has 1 amide bonds. The maximum Gasteiger partial charge on any atom is 0.248 e. The number of anilines is 1. The number of nitrogens with one attached hydrogen (secondary N) is 1. The molecule has 0 fully saturated rings. The highest BCUT2D eigenvalue weighted by molar-refractivity contribution is 5.91. The highest BCUT2D eigenvalue weighted by Gasteiger charge is 2.13. The minimum Gasteiger partial charge on any atom is -0.493 e. The Bertz CT molecular complexity index is 973. The van der Waals surface area contributed by atoms with Gasteiger partial charge in [0, 0.05) is 11.3 Å². The number of tetrazole rings is 1. The van der Waals surface area contributed by atoms with Crippen molar-refractivity contribution in [3.8, 4) is 22.9 Å². The van der Waals surface area contributed by atoms with Crippen molar-refractivity contribution in [2.75, 3.05) is 19.5 Å². The fourth-order valence-electron chi connectivity index (χ4n) is 2.45. The summed E-state index contributed by atoms with van der Waals surface area (Å²) in [6, 6.07) is 9.40. The molecule has 27 heavy (non-hydrogen) atoms. The molecule has 3 aromatic rings. The van der Waals surface area contributed by atoms with Gasteiger partial charge < -0.3 is 14.8 Å². The lowest BCUT2D eigenvalue weighted by Gasteiger charge is -2.08. The molecule has 0 aliphatic heterocycles. The number of carbonyl (C=O) groups excluding carboxylic acids is 1. The van der Waals surface area contributed by atoms with E-state index in [9.17, 15) is 9.18 Å². The summed E-state index contributed by atoms with van der Waals surface area (Å²) < 4.78 is 23.8. The van der Waals surface area contributed by atoms with Crippen LogP contribution < -0.4 is 14.8 Å². The average Bonchev–Trinajstić information content (AvgIpc) is 3.12. The van der Waals surface area contributed by atoms with E-state index in [0.29, 0.717) is 28.6 Å². The Balaban J connectivity index is 1.72. The van der Waals surface area contributed by atoms with E-state index in [-0.39, 0.29) is 12.5 Å². The van der Waals surface area contributed by atoms with E-state index in [0.717, 1.165) is 10.4 Å². The number of aryl methyl sites for hydroxylation is 1. The molecule has 0 saturated carbocycles. The van der Waals surface area contributed by atoms with Crippen LogP contribution in [0.4, 0.5) is 10.1 Å². The van der Waals surface area contributed by atoms with Crippen LogP contribution in [-0.4, -0.2) is 40.3 Å². The summed E-state index contributed by atoms with van der Waals surface area (Å²) in [5, 5.41) is 14.7. The maximum absolute atomic E-state index is 13.3. The number of carbonyl (C=O) groups is 1. The van der Waals surface area contributed by atoms with Crippen molar-refractivity contribution in [1.82, 2.24) is 20.2 Å². The first-order valence-electron chi connectivity index (χ1n) is 8.06. The topological polar surface area (TPSA) is 91.2 Å². The van der Waals surface area contributed by atoms with Gasteiger partial charge in [-0.15, -0.1) is 10.2 Å². The van der Waals surface area contributed by atoms with E-state index >= 15 is 0 Å². The summed E-state index contributed by atoms with van der Waals surface area (Å²) in [6.07, 6.45) is 0. The normalized spacial score (nSPS) is 10.5. The third kappa shape index (κ3) is 4.20. The van der Waals surface area contributed by atoms with Gasteiger partial charge in [0.1, 0.15) is 12.4 Å². The van der Waals surface area contributed by atoms with Gasteiger partial charge >= 0.3 is 0 Å². The summed E-state index contributed by atoms with van der Waals surface area (Å²) >= 11 is 0. The van der Waals surface area contributed by atoms with Crippen molar-refractivity contribution in [3.05, 3.63) is 47.8 Å². The van der Waals surface area contributed by atoms with Crippen molar-refractivity contribution in [1.29, 1.82) is 0 Å². The Labute approximate surface area is 154 Å². The molecule has 8 nitrogen and oxygen atoms in total. The predicted molar refractivity (Wildman–Crippen MR) is 96.1 cm³/mol. The van der Waals surface area contributed by atoms with Crippen LogP contribution in [0.5, 0.6) is 11.5 Å². The molecule has 0 spiro atoms. The zero-order chi connectivity index (χ0) is 19.4. The monoisotopic (exact) mass is 371 g/mol. The fraction of sp³-hybridized carbons (Fsp3) is 0.222. The molecule has 3 rings (SSSR count). The summed E-state index contributed by atoms with van der Waals surface area (Å²) in [4.78, 5) is 13.3. The van der Waals surface area contributed by atoms with Gasteiger partial charge in [0.25, 0.3) is 0 Å². The summed E-state index contributed by atoms with van der Waals surface area (Å²) in [5.41, 5.74) is 1.82. The van der Waals surface area contributed by atoms with Gasteiger partial charge in [0.05, 0.1) is 14.2 Å². The Morgan fingerprint density at radius 3 is 2.67 bits per heavy atom. The molecule has 2 aromatic carbocycles. The quantitative estimate of drug-likeness (QED) is 0.716. The van der Waals surface area contributed by atoms with E-state index in [1.807, 2.05) is 0 Å². The number of nitrogens with zero attached hydrogens (tertiary/aromatic N) is 4. The number of rotatable bonds is 6. The number of aromatic nitrogens is 4. The first kappa shape index (κ1) is 18.3. The van der Waals surface area contributed by atoms with Crippen LogP contribution in [0.25, 0.3) is 11.4 Å². The fourth-order valence-corrected chi connectivity index (χ4v) is 2.45. The lowest BCUT2D eigenvalue weighted by Crippen LogP contribution is -2.21. The van der Waals surface area contributed by atoms with E-state index in [1.54, 1.807) is 38.3 Å². The maximum atomic E-state index is 13.3. The van der Waals surface area contributed by atoms with Crippen LogP contribution in [0.1, 0.15) is 5.56 Å². The van der Waals surface area contributed by atoms with E-state index in [1.165, 1.54) is 19.2 Å². The number of benzene rings is 2. The second kappa shape index (κ2) is 7.81. The smallest absolute Gasteiger partial charge is 0.248 e. The molecule has 9 heteroatoms. The van der Waals surface area contributed by atoms with Gasteiger partial charge in [-0.05, 0) is 48.0 Å². The van der Waals surface area contributed by atoms with Crippen molar-refractivity contribution in [2.45, 2.75) is 13.5 Å². The first-order valence-corrected chi connectivity index (χ1v) is 8.06. The summed E-state index contributed by atoms with van der Waals surface area (Å²) in [6.45, 7) is 1.62. The molecule has 0 aliphatic rings. The number of ether oxygens (including phenoxy) is 2. The molecule has 0 bridgehead atoms. The van der Waals surface area contributed by atoms with Crippen LogP contribution in [-0.2, 0) is 11.3 Å². The van der Waals surface area contributed by atoms with Gasteiger partial charge in [0.15, 0.2) is 11.5 Å². The molecule has 0 radical (unpaired) electrons. The number of halogens is 1. The van der Waals surface area contributed by atoms with Crippen LogP contribution >= 0.6 is 0 Å². The molecular weight excluding hydrogens is 353 g/mol. The summed E-state index contributed by atoms with van der Waals surface area (Å²) in [7, 11) is 3.08. The van der Waals surface area contributed by atoms with Crippen LogP contribution in [0, 0.1) is 12.7 Å². The third-order valence-electron chi connectivity index (χ3n) is 3.85. The largest absolute Gasteiger partial charge is 0.493 e. The number of hydrogen-bond donors (Lipinski definition) is 1. The molecule has 1 N–H and O–H groups in total. The second-order valence-electron chi connectivity index (χ2n) is 5.72. The summed E-state index contributed by atoms with van der Waals surface area (Å²) in [5.74, 6) is 0.639. The van der Waals surface area contributed by atoms with Crippen LogP contribution in [0.15, 0.2) is 36.4 Å². The predicted octanol–water partition coefficient (Wildman–Crippen LogP) is 2.44. The first-order chi connectivity index (χ1) is 13.0. The van der Waals surface area contributed by atoms with Gasteiger partial charge in [0.2, 0.25) is 11.7 Å². The average molecular weight is 371 g/mol. The van der Waals surface area contributed by atoms with E-state index < -0.39 is 5.82 Å². The minimum absolute atomic E-state index is 0.157. The van der Waals surface area contributed by atoms with Gasteiger partial charge in [-0.25, -0.2) is 4.39 Å². The Kier molecular flexibility index (Phi) is 5.30. The molecular formula is C18H18FN5O3. The van der Waals surface area contributed by atoms with Crippen molar-refractivity contribution in [3.63, 3.8) is 0 Å². The number of methoxy groups -OCH3 is 2. The Hall–Kier alpha value is -3.49. The lowest BCUT2D eigenvalue weighted by molar-refractivity contribution is -0.117. The van der Waals surface area contributed by atoms with Crippen molar-refractivity contribution >= 4 is 11.6 Å². The van der Waals surface area contributed by atoms with Crippen LogP contribution in [0.2, 0.25) is 0 Å². The van der Waals surface area contributed by atoms with Crippen molar-refractivity contribution in [2.24, 2.45) is 0 Å². The van der Waals surface area contributed by atoms with Crippen LogP contribution in [0.3, 0.4) is 0 Å². The minimum atomic E-state index is -0.425. The van der Waals surface area contributed by atoms with E-state index in [2.05, 4.69) is 20.7 Å². The molecule has 1 heterocycles. The van der Waals surface area contributed by atoms with Gasteiger partial charge in [-0.3, -0.25) is 4.79 Å². The zero-order valence-electron chi connectivity index (χ0n) is 15.1. The van der Waals surface area contributed by atoms with Gasteiger partial charge in [-0.1, -0.05) is 6.07 Å². The molecule has 0 aliphatic carbocycles. The second-order valence-corrected chi connectivity index (χ2v) is 5.72. The number of hydrogen-bond acceptors (Lipinski definition) is 6. The SMILES string of the molecule is COc1ccc(-c2nnn(CC(=O)Nc3cc(F)ccc3C)n2)cc1OC. The highest BCUT2D eigenvalue weighted by Crippen LogP contribution is 2.30. The molecule has 1 aromatic heterocycles. The van der Waals surface area contributed by atoms with E-state index in [4.69, 9.17) is 9.47 Å².